The molecule has 2 aromatic rings. The molecule has 0 aliphatic carbocycles. The number of methoxy groups -OCH3 is 1. The van der Waals surface area contributed by atoms with Gasteiger partial charge < -0.3 is 19.3 Å². The third kappa shape index (κ3) is 5.34. The van der Waals surface area contributed by atoms with Crippen molar-refractivity contribution in [2.45, 2.75) is 33.3 Å². The third-order valence-electron chi connectivity index (χ3n) is 3.73. The van der Waals surface area contributed by atoms with Gasteiger partial charge in [0, 0.05) is 18.5 Å². The summed E-state index contributed by atoms with van der Waals surface area (Å²) in [7, 11) is 1.34. The molecule has 1 aromatic carbocycles. The summed E-state index contributed by atoms with van der Waals surface area (Å²) in [6.45, 7) is 4.41. The molecule has 1 heterocycles. The lowest BCUT2D eigenvalue weighted by Crippen LogP contribution is -2.25. The van der Waals surface area contributed by atoms with Crippen molar-refractivity contribution in [1.82, 2.24) is 10.5 Å². The van der Waals surface area contributed by atoms with Gasteiger partial charge in [-0.05, 0) is 38.5 Å². The number of esters is 1. The van der Waals surface area contributed by atoms with Crippen molar-refractivity contribution < 1.29 is 23.6 Å². The molecule has 0 unspecified atom stereocenters. The molecule has 0 aliphatic heterocycles. The number of carbonyl (C=O) groups is 2. The van der Waals surface area contributed by atoms with E-state index >= 15 is 0 Å². The molecule has 0 radical (unpaired) electrons. The van der Waals surface area contributed by atoms with Gasteiger partial charge in [0.25, 0.3) is 5.91 Å². The van der Waals surface area contributed by atoms with Crippen LogP contribution in [0.4, 0.5) is 0 Å². The highest BCUT2D eigenvalue weighted by atomic mass is 16.5. The number of hydrogen-bond donors (Lipinski definition) is 1. The minimum absolute atomic E-state index is 0.215. The predicted molar refractivity (Wildman–Crippen MR) is 90.3 cm³/mol. The number of ether oxygens (including phenoxy) is 2. The fraction of sp³-hybridized carbons (Fsp3) is 0.389. The Bertz CT molecular complexity index is 719. The third-order valence-corrected chi connectivity index (χ3v) is 3.73. The number of hydrogen-bond acceptors (Lipinski definition) is 6. The minimum atomic E-state index is -0.288. The van der Waals surface area contributed by atoms with Crippen LogP contribution in [-0.4, -0.2) is 30.7 Å². The highest BCUT2D eigenvalue weighted by Gasteiger charge is 2.11. The van der Waals surface area contributed by atoms with Gasteiger partial charge in [-0.1, -0.05) is 11.2 Å². The summed E-state index contributed by atoms with van der Waals surface area (Å²) < 4.78 is 15.4. The van der Waals surface area contributed by atoms with Gasteiger partial charge in [-0.15, -0.1) is 0 Å². The zero-order chi connectivity index (χ0) is 18.2. The molecule has 0 bridgehead atoms. The van der Waals surface area contributed by atoms with Crippen molar-refractivity contribution in [3.63, 3.8) is 0 Å². The lowest BCUT2D eigenvalue weighted by Gasteiger charge is -2.08. The van der Waals surface area contributed by atoms with Crippen molar-refractivity contribution in [3.05, 3.63) is 46.8 Å². The van der Waals surface area contributed by atoms with E-state index in [9.17, 15) is 9.59 Å². The van der Waals surface area contributed by atoms with Crippen molar-refractivity contribution in [1.29, 1.82) is 0 Å². The van der Waals surface area contributed by atoms with Gasteiger partial charge in [-0.2, -0.15) is 0 Å². The minimum Gasteiger partial charge on any atom is -0.489 e. The van der Waals surface area contributed by atoms with E-state index in [0.29, 0.717) is 30.9 Å². The first-order valence-corrected chi connectivity index (χ1v) is 8.01. The van der Waals surface area contributed by atoms with E-state index < -0.39 is 0 Å². The molecule has 0 spiro atoms. The number of aryl methyl sites for hydroxylation is 2. The molecule has 1 aromatic heterocycles. The molecule has 2 rings (SSSR count). The van der Waals surface area contributed by atoms with E-state index in [2.05, 4.69) is 15.2 Å². The first-order chi connectivity index (χ1) is 12.0. The molecule has 0 fully saturated rings. The zero-order valence-electron chi connectivity index (χ0n) is 14.6. The van der Waals surface area contributed by atoms with Crippen LogP contribution in [0.15, 0.2) is 28.8 Å². The van der Waals surface area contributed by atoms with Crippen LogP contribution in [0.1, 0.15) is 40.2 Å². The Hall–Kier alpha value is -2.83. The second-order valence-electron chi connectivity index (χ2n) is 5.55. The van der Waals surface area contributed by atoms with Crippen molar-refractivity contribution in [3.8, 4) is 5.75 Å². The lowest BCUT2D eigenvalue weighted by atomic mass is 10.2. The lowest BCUT2D eigenvalue weighted by molar-refractivity contribution is -0.140. The van der Waals surface area contributed by atoms with E-state index in [1.165, 1.54) is 7.11 Å². The Morgan fingerprint density at radius 3 is 2.76 bits per heavy atom. The molecule has 0 atom stereocenters. The van der Waals surface area contributed by atoms with E-state index in [0.717, 1.165) is 17.0 Å². The predicted octanol–water partition coefficient (Wildman–Crippen LogP) is 2.55. The van der Waals surface area contributed by atoms with E-state index in [-0.39, 0.29) is 18.3 Å². The Balaban J connectivity index is 1.87. The molecular formula is C18H22N2O5. The molecule has 7 heteroatoms. The summed E-state index contributed by atoms with van der Waals surface area (Å²) in [5.74, 6) is 0.802. The standard InChI is InChI=1S/C18H22N2O5/c1-12-16(13(2)25-20-12)11-24-15-7-4-6-14(10-15)18(22)19-9-5-8-17(21)23-3/h4,6-7,10H,5,8-9,11H2,1-3H3,(H,19,22). The van der Waals surface area contributed by atoms with Gasteiger partial charge in [0.15, 0.2) is 0 Å². The van der Waals surface area contributed by atoms with Crippen LogP contribution in [-0.2, 0) is 16.1 Å². The number of amides is 1. The smallest absolute Gasteiger partial charge is 0.305 e. The van der Waals surface area contributed by atoms with Gasteiger partial charge in [0.2, 0.25) is 0 Å². The average molecular weight is 346 g/mol. The topological polar surface area (TPSA) is 90.7 Å². The molecule has 1 N–H and O–H groups in total. The van der Waals surface area contributed by atoms with E-state index in [4.69, 9.17) is 9.26 Å². The monoisotopic (exact) mass is 346 g/mol. The van der Waals surface area contributed by atoms with Crippen LogP contribution < -0.4 is 10.1 Å². The highest BCUT2D eigenvalue weighted by molar-refractivity contribution is 5.94. The average Bonchev–Trinajstić information content (AvgIpc) is 2.94. The second-order valence-corrected chi connectivity index (χ2v) is 5.55. The molecule has 7 nitrogen and oxygen atoms in total. The Labute approximate surface area is 146 Å². The van der Waals surface area contributed by atoms with Crippen LogP contribution in [0.2, 0.25) is 0 Å². The fourth-order valence-corrected chi connectivity index (χ4v) is 2.23. The number of nitrogens with zero attached hydrogens (tertiary/aromatic N) is 1. The van der Waals surface area contributed by atoms with Crippen molar-refractivity contribution >= 4 is 11.9 Å². The molecule has 134 valence electrons. The molecular weight excluding hydrogens is 324 g/mol. The first kappa shape index (κ1) is 18.5. The van der Waals surface area contributed by atoms with Gasteiger partial charge in [-0.25, -0.2) is 0 Å². The van der Waals surface area contributed by atoms with Gasteiger partial charge in [0.05, 0.1) is 18.4 Å². The fourth-order valence-electron chi connectivity index (χ4n) is 2.23. The van der Waals surface area contributed by atoms with Crippen LogP contribution in [0.5, 0.6) is 5.75 Å². The largest absolute Gasteiger partial charge is 0.489 e. The summed E-state index contributed by atoms with van der Waals surface area (Å²) in [4.78, 5) is 23.2. The molecule has 0 saturated heterocycles. The van der Waals surface area contributed by atoms with Crippen molar-refractivity contribution in [2.75, 3.05) is 13.7 Å². The summed E-state index contributed by atoms with van der Waals surface area (Å²) in [6, 6.07) is 6.92. The SMILES string of the molecule is COC(=O)CCCNC(=O)c1cccc(OCc2c(C)noc2C)c1. The molecule has 25 heavy (non-hydrogen) atoms. The van der Waals surface area contributed by atoms with E-state index in [1.54, 1.807) is 24.3 Å². The van der Waals surface area contributed by atoms with Gasteiger partial charge in [-0.3, -0.25) is 9.59 Å². The van der Waals surface area contributed by atoms with Gasteiger partial charge in [0.1, 0.15) is 18.1 Å². The number of carbonyl (C=O) groups excluding carboxylic acids is 2. The first-order valence-electron chi connectivity index (χ1n) is 8.01. The summed E-state index contributed by atoms with van der Waals surface area (Å²) in [5, 5.41) is 6.65. The second kappa shape index (κ2) is 8.86. The van der Waals surface area contributed by atoms with Crippen LogP contribution >= 0.6 is 0 Å². The number of aromatic nitrogens is 1. The maximum atomic E-state index is 12.1. The molecule has 1 amide bonds. The Morgan fingerprint density at radius 1 is 1.28 bits per heavy atom. The van der Waals surface area contributed by atoms with Gasteiger partial charge >= 0.3 is 5.97 Å². The van der Waals surface area contributed by atoms with Crippen LogP contribution in [0, 0.1) is 13.8 Å². The Kier molecular flexibility index (Phi) is 6.56. The molecule has 0 saturated carbocycles. The summed E-state index contributed by atoms with van der Waals surface area (Å²) >= 11 is 0. The maximum Gasteiger partial charge on any atom is 0.305 e. The maximum absolute atomic E-state index is 12.1. The zero-order valence-corrected chi connectivity index (χ0v) is 14.6. The van der Waals surface area contributed by atoms with Crippen molar-refractivity contribution in [2.24, 2.45) is 0 Å². The summed E-state index contributed by atoms with van der Waals surface area (Å²) in [6.07, 6.45) is 0.804. The van der Waals surface area contributed by atoms with Crippen LogP contribution in [0.3, 0.4) is 0 Å². The number of benzene rings is 1. The highest BCUT2D eigenvalue weighted by Crippen LogP contribution is 2.18. The Morgan fingerprint density at radius 2 is 2.08 bits per heavy atom. The number of nitrogens with one attached hydrogen (secondary N) is 1. The number of rotatable bonds is 8. The summed E-state index contributed by atoms with van der Waals surface area (Å²) in [5.41, 5.74) is 2.18. The quantitative estimate of drug-likeness (QED) is 0.583. The normalized spacial score (nSPS) is 10.4. The van der Waals surface area contributed by atoms with Crippen LogP contribution in [0.25, 0.3) is 0 Å². The molecule has 0 aliphatic rings. The van der Waals surface area contributed by atoms with E-state index in [1.807, 2.05) is 13.8 Å².